The summed E-state index contributed by atoms with van der Waals surface area (Å²) < 4.78 is 13.1. The lowest BCUT2D eigenvalue weighted by Crippen LogP contribution is -2.01. The van der Waals surface area contributed by atoms with Gasteiger partial charge in [0.25, 0.3) is 0 Å². The van der Waals surface area contributed by atoms with Crippen molar-refractivity contribution in [3.8, 4) is 0 Å². The number of nitrogen functional groups attached to an aromatic ring is 1. The highest BCUT2D eigenvalue weighted by Gasteiger charge is 2.05. The van der Waals surface area contributed by atoms with Crippen molar-refractivity contribution in [3.63, 3.8) is 0 Å². The standard InChI is InChI=1S/C16H13ClFN3/c17-13-7-10(1-2-14(13)18)8-21-16-4-3-15(19)11-5-6-20-9-12(11)16/h1-7,9,21H,8,19H2. The number of hydrogen-bond acceptors (Lipinski definition) is 3. The van der Waals surface area contributed by atoms with Gasteiger partial charge in [-0.2, -0.15) is 0 Å². The molecule has 3 aromatic rings. The summed E-state index contributed by atoms with van der Waals surface area (Å²) in [6.07, 6.45) is 3.48. The summed E-state index contributed by atoms with van der Waals surface area (Å²) >= 11 is 5.78. The molecular formula is C16H13ClFN3. The summed E-state index contributed by atoms with van der Waals surface area (Å²) in [6, 6.07) is 10.3. The van der Waals surface area contributed by atoms with E-state index >= 15 is 0 Å². The first kappa shape index (κ1) is 13.6. The minimum absolute atomic E-state index is 0.123. The van der Waals surface area contributed by atoms with Crippen molar-refractivity contribution < 1.29 is 4.39 Å². The number of nitrogens with one attached hydrogen (secondary N) is 1. The molecule has 0 aliphatic heterocycles. The van der Waals surface area contributed by atoms with Gasteiger partial charge in [0.15, 0.2) is 0 Å². The van der Waals surface area contributed by atoms with E-state index in [9.17, 15) is 4.39 Å². The van der Waals surface area contributed by atoms with Crippen LogP contribution in [0.15, 0.2) is 48.8 Å². The number of anilines is 2. The predicted octanol–water partition coefficient (Wildman–Crippen LogP) is 4.22. The molecule has 0 aliphatic rings. The van der Waals surface area contributed by atoms with Gasteiger partial charge < -0.3 is 11.1 Å². The van der Waals surface area contributed by atoms with Gasteiger partial charge in [-0.1, -0.05) is 17.7 Å². The van der Waals surface area contributed by atoms with Gasteiger partial charge in [-0.25, -0.2) is 4.39 Å². The van der Waals surface area contributed by atoms with Crippen LogP contribution < -0.4 is 11.1 Å². The second kappa shape index (κ2) is 5.58. The van der Waals surface area contributed by atoms with Gasteiger partial charge in [0.2, 0.25) is 0 Å². The molecule has 3 nitrogen and oxygen atoms in total. The fourth-order valence-electron chi connectivity index (χ4n) is 2.21. The molecule has 3 N–H and O–H groups in total. The van der Waals surface area contributed by atoms with E-state index in [0.717, 1.165) is 22.0 Å². The molecule has 0 fully saturated rings. The number of halogens is 2. The highest BCUT2D eigenvalue weighted by atomic mass is 35.5. The number of benzene rings is 2. The smallest absolute Gasteiger partial charge is 0.141 e. The lowest BCUT2D eigenvalue weighted by molar-refractivity contribution is 0.627. The first-order chi connectivity index (χ1) is 10.1. The maximum absolute atomic E-state index is 13.1. The van der Waals surface area contributed by atoms with Crippen LogP contribution in [0.3, 0.4) is 0 Å². The number of aromatic nitrogens is 1. The maximum atomic E-state index is 13.1. The molecule has 2 aromatic carbocycles. The van der Waals surface area contributed by atoms with Crippen molar-refractivity contribution >= 4 is 33.7 Å². The van der Waals surface area contributed by atoms with Crippen LogP contribution in [0.5, 0.6) is 0 Å². The molecule has 0 unspecified atom stereocenters. The molecule has 0 bridgehead atoms. The monoisotopic (exact) mass is 301 g/mol. The quantitative estimate of drug-likeness (QED) is 0.712. The van der Waals surface area contributed by atoms with Gasteiger partial charge in [-0.05, 0) is 35.9 Å². The summed E-state index contributed by atoms with van der Waals surface area (Å²) in [5.41, 5.74) is 8.49. The predicted molar refractivity (Wildman–Crippen MR) is 84.9 cm³/mol. The van der Waals surface area contributed by atoms with E-state index in [1.807, 2.05) is 18.2 Å². The van der Waals surface area contributed by atoms with Crippen LogP contribution in [-0.2, 0) is 6.54 Å². The SMILES string of the molecule is Nc1ccc(NCc2ccc(F)c(Cl)c2)c2cnccc12. The fraction of sp³-hybridized carbons (Fsp3) is 0.0625. The molecule has 1 aromatic heterocycles. The summed E-state index contributed by atoms with van der Waals surface area (Å²) in [4.78, 5) is 4.13. The Labute approximate surface area is 126 Å². The Kier molecular flexibility index (Phi) is 3.62. The zero-order chi connectivity index (χ0) is 14.8. The number of nitrogens with two attached hydrogens (primary N) is 1. The molecule has 0 saturated heterocycles. The maximum Gasteiger partial charge on any atom is 0.141 e. The number of rotatable bonds is 3. The number of hydrogen-bond donors (Lipinski definition) is 2. The van der Waals surface area contributed by atoms with Gasteiger partial charge in [-0.3, -0.25) is 4.98 Å². The molecule has 0 saturated carbocycles. The van der Waals surface area contributed by atoms with Crippen molar-refractivity contribution in [1.82, 2.24) is 4.98 Å². The second-order valence-electron chi connectivity index (χ2n) is 4.73. The highest BCUT2D eigenvalue weighted by molar-refractivity contribution is 6.30. The topological polar surface area (TPSA) is 50.9 Å². The average Bonchev–Trinajstić information content (AvgIpc) is 2.50. The third kappa shape index (κ3) is 2.76. The molecule has 21 heavy (non-hydrogen) atoms. The second-order valence-corrected chi connectivity index (χ2v) is 5.13. The summed E-state index contributed by atoms with van der Waals surface area (Å²) in [5.74, 6) is -0.414. The summed E-state index contributed by atoms with van der Waals surface area (Å²) in [5, 5.41) is 5.33. The minimum Gasteiger partial charge on any atom is -0.398 e. The van der Waals surface area contributed by atoms with E-state index in [-0.39, 0.29) is 5.02 Å². The summed E-state index contributed by atoms with van der Waals surface area (Å²) in [7, 11) is 0. The van der Waals surface area contributed by atoms with E-state index in [2.05, 4.69) is 10.3 Å². The van der Waals surface area contributed by atoms with Crippen molar-refractivity contribution in [2.75, 3.05) is 11.1 Å². The van der Waals surface area contributed by atoms with Crippen molar-refractivity contribution in [2.45, 2.75) is 6.54 Å². The Bertz CT molecular complexity index is 805. The Morgan fingerprint density at radius 1 is 1.14 bits per heavy atom. The van der Waals surface area contributed by atoms with Crippen LogP contribution in [0.25, 0.3) is 10.8 Å². The lowest BCUT2D eigenvalue weighted by atomic mass is 10.1. The molecular weight excluding hydrogens is 289 g/mol. The molecule has 0 aliphatic carbocycles. The van der Waals surface area contributed by atoms with E-state index in [4.69, 9.17) is 17.3 Å². The van der Waals surface area contributed by atoms with Crippen molar-refractivity contribution in [2.24, 2.45) is 0 Å². The molecule has 0 spiro atoms. The van der Waals surface area contributed by atoms with Crippen LogP contribution in [-0.4, -0.2) is 4.98 Å². The van der Waals surface area contributed by atoms with Crippen molar-refractivity contribution in [3.05, 3.63) is 65.2 Å². The fourth-order valence-corrected chi connectivity index (χ4v) is 2.42. The third-order valence-electron chi connectivity index (χ3n) is 3.32. The first-order valence-electron chi connectivity index (χ1n) is 6.45. The molecule has 106 valence electrons. The normalized spacial score (nSPS) is 10.8. The molecule has 1 heterocycles. The molecule has 0 atom stereocenters. The molecule has 3 rings (SSSR count). The first-order valence-corrected chi connectivity index (χ1v) is 6.83. The van der Waals surface area contributed by atoms with Gasteiger partial charge in [0, 0.05) is 41.1 Å². The Morgan fingerprint density at radius 2 is 2.00 bits per heavy atom. The van der Waals surface area contributed by atoms with Gasteiger partial charge in [0.1, 0.15) is 5.82 Å². The zero-order valence-corrected chi connectivity index (χ0v) is 11.9. The van der Waals surface area contributed by atoms with E-state index in [1.165, 1.54) is 6.07 Å². The molecule has 0 amide bonds. The van der Waals surface area contributed by atoms with E-state index in [1.54, 1.807) is 24.5 Å². The molecule has 5 heteroatoms. The molecule has 0 radical (unpaired) electrons. The third-order valence-corrected chi connectivity index (χ3v) is 3.61. The number of pyridine rings is 1. The highest BCUT2D eigenvalue weighted by Crippen LogP contribution is 2.28. The van der Waals surface area contributed by atoms with E-state index < -0.39 is 5.82 Å². The largest absolute Gasteiger partial charge is 0.398 e. The minimum atomic E-state index is -0.414. The summed E-state index contributed by atoms with van der Waals surface area (Å²) in [6.45, 7) is 0.536. The Morgan fingerprint density at radius 3 is 2.81 bits per heavy atom. The lowest BCUT2D eigenvalue weighted by Gasteiger charge is -2.11. The zero-order valence-electron chi connectivity index (χ0n) is 11.1. The van der Waals surface area contributed by atoms with E-state index in [0.29, 0.717) is 12.2 Å². The number of fused-ring (bicyclic) bond motifs is 1. The van der Waals surface area contributed by atoms with Crippen LogP contribution in [0.1, 0.15) is 5.56 Å². The van der Waals surface area contributed by atoms with Crippen LogP contribution in [0.4, 0.5) is 15.8 Å². The average molecular weight is 302 g/mol. The van der Waals surface area contributed by atoms with Crippen LogP contribution >= 0.6 is 11.6 Å². The van der Waals surface area contributed by atoms with Gasteiger partial charge in [-0.15, -0.1) is 0 Å². The number of nitrogens with zero attached hydrogens (tertiary/aromatic N) is 1. The van der Waals surface area contributed by atoms with Crippen molar-refractivity contribution in [1.29, 1.82) is 0 Å². The van der Waals surface area contributed by atoms with Crippen LogP contribution in [0.2, 0.25) is 5.02 Å². The Balaban J connectivity index is 1.88. The van der Waals surface area contributed by atoms with Gasteiger partial charge >= 0.3 is 0 Å². The van der Waals surface area contributed by atoms with Crippen LogP contribution in [0, 0.1) is 5.82 Å². The Hall–Kier alpha value is -2.33. The van der Waals surface area contributed by atoms with Gasteiger partial charge in [0.05, 0.1) is 5.02 Å².